The van der Waals surface area contributed by atoms with Crippen LogP contribution in [-0.2, 0) is 10.2 Å². The van der Waals surface area contributed by atoms with Gasteiger partial charge in [0.05, 0.1) is 12.6 Å². The molecule has 5 heteroatoms. The predicted octanol–water partition coefficient (Wildman–Crippen LogP) is 6.37. The molecule has 0 saturated heterocycles. The number of nitrogens with two attached hydrogens (primary N) is 1. The first-order chi connectivity index (χ1) is 18.6. The molecule has 0 spiro atoms. The van der Waals surface area contributed by atoms with Crippen LogP contribution in [0.15, 0.2) is 97.1 Å². The van der Waals surface area contributed by atoms with Crippen molar-refractivity contribution in [3.63, 3.8) is 0 Å². The molecule has 5 rings (SSSR count). The van der Waals surface area contributed by atoms with Crippen molar-refractivity contribution in [2.24, 2.45) is 5.73 Å². The summed E-state index contributed by atoms with van der Waals surface area (Å²) in [4.78, 5) is 28.8. The third kappa shape index (κ3) is 4.23. The van der Waals surface area contributed by atoms with E-state index in [0.29, 0.717) is 11.1 Å². The van der Waals surface area contributed by atoms with Crippen LogP contribution in [0.4, 0.5) is 5.69 Å². The number of nitrogens with zero attached hydrogens (tertiary/aromatic N) is 1. The molecule has 0 aromatic heterocycles. The summed E-state index contributed by atoms with van der Waals surface area (Å²) < 4.78 is 5.39. The van der Waals surface area contributed by atoms with Gasteiger partial charge < -0.3 is 15.4 Å². The van der Waals surface area contributed by atoms with Crippen LogP contribution in [0.25, 0.3) is 11.1 Å². The third-order valence-electron chi connectivity index (χ3n) is 8.28. The van der Waals surface area contributed by atoms with E-state index in [2.05, 4.69) is 6.92 Å². The Kier molecular flexibility index (Phi) is 6.65. The van der Waals surface area contributed by atoms with Crippen LogP contribution in [0, 0.1) is 0 Å². The van der Waals surface area contributed by atoms with Gasteiger partial charge in [-0.1, -0.05) is 66.7 Å². The molecule has 4 aromatic rings. The number of carbonyl (C=O) groups is 2. The lowest BCUT2D eigenvalue weighted by Gasteiger charge is -2.55. The molecule has 0 radical (unpaired) electrons. The second kappa shape index (κ2) is 9.83. The number of anilines is 1. The average Bonchev–Trinajstić information content (AvgIpc) is 2.96. The Labute approximate surface area is 230 Å². The molecule has 1 amide bonds. The van der Waals surface area contributed by atoms with Gasteiger partial charge >= 0.3 is 0 Å². The van der Waals surface area contributed by atoms with Crippen LogP contribution in [-0.4, -0.2) is 30.4 Å². The van der Waals surface area contributed by atoms with E-state index >= 15 is 0 Å². The molecule has 2 atom stereocenters. The predicted molar refractivity (Wildman–Crippen MR) is 156 cm³/mol. The van der Waals surface area contributed by atoms with E-state index < -0.39 is 17.0 Å². The quantitative estimate of drug-likeness (QED) is 0.312. The second-order valence-electron chi connectivity index (χ2n) is 10.9. The minimum Gasteiger partial charge on any atom is -0.497 e. The fourth-order valence-corrected chi connectivity index (χ4v) is 6.17. The summed E-state index contributed by atoms with van der Waals surface area (Å²) in [5.74, 6) is 0.571. The number of amides is 1. The van der Waals surface area contributed by atoms with Crippen molar-refractivity contribution in [2.45, 2.75) is 44.7 Å². The summed E-state index contributed by atoms with van der Waals surface area (Å²) in [6.07, 6.45) is 0. The van der Waals surface area contributed by atoms with E-state index in [1.165, 1.54) is 0 Å². The number of rotatable bonds is 5. The summed E-state index contributed by atoms with van der Waals surface area (Å²) in [6.45, 7) is 7.66. The number of carbonyl (C=O) groups excluding carboxylic acids is 2. The summed E-state index contributed by atoms with van der Waals surface area (Å²) >= 11 is 0. The van der Waals surface area contributed by atoms with Gasteiger partial charge in [0.15, 0.2) is 5.78 Å². The number of methoxy groups -OCH3 is 1. The lowest BCUT2D eigenvalue weighted by atomic mass is 9.61. The van der Waals surface area contributed by atoms with E-state index in [0.717, 1.165) is 33.7 Å². The van der Waals surface area contributed by atoms with Gasteiger partial charge in [-0.05, 0) is 73.4 Å². The lowest BCUT2D eigenvalue weighted by Crippen LogP contribution is -2.68. The Bertz CT molecular complexity index is 1540. The molecule has 0 aliphatic carbocycles. The Balaban J connectivity index is 1.71. The van der Waals surface area contributed by atoms with Crippen LogP contribution in [0.1, 0.15) is 54.7 Å². The molecular weight excluding hydrogens is 484 g/mol. The molecule has 2 unspecified atom stereocenters. The van der Waals surface area contributed by atoms with Crippen molar-refractivity contribution in [1.29, 1.82) is 0 Å². The monoisotopic (exact) mass is 518 g/mol. The van der Waals surface area contributed by atoms with Gasteiger partial charge in [-0.3, -0.25) is 9.59 Å². The van der Waals surface area contributed by atoms with Crippen LogP contribution in [0.2, 0.25) is 0 Å². The highest BCUT2D eigenvalue weighted by atomic mass is 16.5. The van der Waals surface area contributed by atoms with Gasteiger partial charge in [-0.2, -0.15) is 0 Å². The summed E-state index contributed by atoms with van der Waals surface area (Å²) in [6, 6.07) is 30.6. The Morgan fingerprint density at radius 1 is 0.846 bits per heavy atom. The SMILES string of the molecule is COc1ccc(C2(C)c3cc(C(=O)c4ccccc4-c4ccccc4)ccc3N(C(C)=O)C(C)(C)C2N)cc1. The second-order valence-corrected chi connectivity index (χ2v) is 10.9. The van der Waals surface area contributed by atoms with Crippen LogP contribution in [0.3, 0.4) is 0 Å². The Hall–Kier alpha value is -4.22. The van der Waals surface area contributed by atoms with Gasteiger partial charge in [0, 0.05) is 35.2 Å². The maximum absolute atomic E-state index is 14.1. The van der Waals surface area contributed by atoms with E-state index in [1.54, 1.807) is 18.9 Å². The molecule has 4 aromatic carbocycles. The fraction of sp³-hybridized carbons (Fsp3) is 0.235. The van der Waals surface area contributed by atoms with Gasteiger partial charge in [0.25, 0.3) is 0 Å². The third-order valence-corrected chi connectivity index (χ3v) is 8.28. The van der Waals surface area contributed by atoms with Crippen molar-refractivity contribution in [3.05, 3.63) is 119 Å². The first-order valence-electron chi connectivity index (χ1n) is 13.1. The molecule has 39 heavy (non-hydrogen) atoms. The lowest BCUT2D eigenvalue weighted by molar-refractivity contribution is -0.118. The summed E-state index contributed by atoms with van der Waals surface area (Å²) in [5.41, 5.74) is 11.3. The van der Waals surface area contributed by atoms with Crippen molar-refractivity contribution >= 4 is 17.4 Å². The van der Waals surface area contributed by atoms with E-state index in [4.69, 9.17) is 10.5 Å². The van der Waals surface area contributed by atoms with E-state index in [9.17, 15) is 9.59 Å². The Morgan fingerprint density at radius 3 is 2.13 bits per heavy atom. The summed E-state index contributed by atoms with van der Waals surface area (Å²) in [5, 5.41) is 0. The van der Waals surface area contributed by atoms with Crippen molar-refractivity contribution < 1.29 is 14.3 Å². The van der Waals surface area contributed by atoms with E-state index in [1.807, 2.05) is 111 Å². The standard InChI is InChI=1S/C34H34N2O3/c1-22(37)36-30-20-15-24(31(38)28-14-10-9-13-27(28)23-11-7-6-8-12-23)21-29(30)34(4,32(35)33(36,2)3)25-16-18-26(39-5)19-17-25/h6-21,32H,35H2,1-5H3. The fourth-order valence-electron chi connectivity index (χ4n) is 6.17. The zero-order valence-electron chi connectivity index (χ0n) is 23.1. The van der Waals surface area contributed by atoms with Crippen LogP contribution >= 0.6 is 0 Å². The molecule has 2 N–H and O–H groups in total. The first kappa shape index (κ1) is 26.4. The number of ether oxygens (including phenoxy) is 1. The minimum absolute atomic E-state index is 0.0814. The van der Waals surface area contributed by atoms with Gasteiger partial charge in [0.2, 0.25) is 5.91 Å². The maximum Gasteiger partial charge on any atom is 0.224 e. The van der Waals surface area contributed by atoms with Crippen molar-refractivity contribution in [1.82, 2.24) is 0 Å². The smallest absolute Gasteiger partial charge is 0.224 e. The number of benzene rings is 4. The van der Waals surface area contributed by atoms with Crippen LogP contribution < -0.4 is 15.4 Å². The molecule has 1 aliphatic heterocycles. The van der Waals surface area contributed by atoms with Crippen molar-refractivity contribution in [2.75, 3.05) is 12.0 Å². The molecule has 0 fully saturated rings. The summed E-state index contributed by atoms with van der Waals surface area (Å²) in [7, 11) is 1.64. The molecule has 1 heterocycles. The van der Waals surface area contributed by atoms with Gasteiger partial charge in [-0.15, -0.1) is 0 Å². The Morgan fingerprint density at radius 2 is 1.49 bits per heavy atom. The number of hydrogen-bond acceptors (Lipinski definition) is 4. The highest BCUT2D eigenvalue weighted by Crippen LogP contribution is 2.50. The molecule has 5 nitrogen and oxygen atoms in total. The highest BCUT2D eigenvalue weighted by molar-refractivity contribution is 6.13. The van der Waals surface area contributed by atoms with Crippen LogP contribution in [0.5, 0.6) is 5.75 Å². The molecule has 0 saturated carbocycles. The molecular formula is C34H34N2O3. The topological polar surface area (TPSA) is 72.6 Å². The molecule has 0 bridgehead atoms. The van der Waals surface area contributed by atoms with E-state index in [-0.39, 0.29) is 11.7 Å². The molecule has 198 valence electrons. The largest absolute Gasteiger partial charge is 0.497 e. The number of hydrogen-bond donors (Lipinski definition) is 1. The minimum atomic E-state index is -0.688. The zero-order valence-corrected chi connectivity index (χ0v) is 23.1. The average molecular weight is 519 g/mol. The number of ketones is 1. The number of fused-ring (bicyclic) bond motifs is 1. The molecule has 1 aliphatic rings. The highest BCUT2D eigenvalue weighted by Gasteiger charge is 2.53. The van der Waals surface area contributed by atoms with Gasteiger partial charge in [-0.25, -0.2) is 0 Å². The first-order valence-corrected chi connectivity index (χ1v) is 13.1. The van der Waals surface area contributed by atoms with Gasteiger partial charge in [0.1, 0.15) is 5.75 Å². The normalized spacial score (nSPS) is 19.7. The van der Waals surface area contributed by atoms with Crippen molar-refractivity contribution in [3.8, 4) is 16.9 Å². The maximum atomic E-state index is 14.1. The zero-order chi connectivity index (χ0) is 27.9.